The van der Waals surface area contributed by atoms with E-state index in [1.807, 2.05) is 29.1 Å². The van der Waals surface area contributed by atoms with Crippen LogP contribution in [0.25, 0.3) is 11.1 Å². The summed E-state index contributed by atoms with van der Waals surface area (Å²) in [5.74, 6) is 0.119. The molecule has 1 fully saturated rings. The van der Waals surface area contributed by atoms with Gasteiger partial charge >= 0.3 is 0 Å². The van der Waals surface area contributed by atoms with Crippen LogP contribution in [0.5, 0.6) is 0 Å². The lowest BCUT2D eigenvalue weighted by molar-refractivity contribution is 0.409. The minimum absolute atomic E-state index is 0.119. The Hall–Kier alpha value is -2.08. The number of nitriles is 1. The van der Waals surface area contributed by atoms with Crippen molar-refractivity contribution in [3.8, 4) is 17.2 Å². The van der Waals surface area contributed by atoms with E-state index in [-0.39, 0.29) is 12.0 Å². The van der Waals surface area contributed by atoms with Crippen molar-refractivity contribution >= 4 is 0 Å². The third-order valence-electron chi connectivity index (χ3n) is 3.69. The molecule has 3 nitrogen and oxygen atoms in total. The van der Waals surface area contributed by atoms with Gasteiger partial charge in [-0.3, -0.25) is 4.68 Å². The second-order valence-corrected chi connectivity index (χ2v) is 4.81. The van der Waals surface area contributed by atoms with Crippen LogP contribution < -0.4 is 0 Å². The standard InChI is InChI=1S/C15H15N3/c16-9-13-7-4-8-15(13)18-11-14(10-17-18)12-5-2-1-3-6-12/h1-3,5-6,10-11,13,15H,4,7-8H2. The highest BCUT2D eigenvalue weighted by Gasteiger charge is 2.29. The van der Waals surface area contributed by atoms with Gasteiger partial charge in [-0.2, -0.15) is 10.4 Å². The third-order valence-corrected chi connectivity index (χ3v) is 3.69. The molecule has 1 heterocycles. The SMILES string of the molecule is N#CC1CCCC1n1cc(-c2ccccc2)cn1. The van der Waals surface area contributed by atoms with Crippen LogP contribution in [0.4, 0.5) is 0 Å². The Morgan fingerprint density at radius 3 is 2.78 bits per heavy atom. The maximum atomic E-state index is 9.13. The van der Waals surface area contributed by atoms with Crippen LogP contribution in [0.15, 0.2) is 42.7 Å². The molecule has 0 N–H and O–H groups in total. The van der Waals surface area contributed by atoms with Gasteiger partial charge in [-0.05, 0) is 24.8 Å². The summed E-state index contributed by atoms with van der Waals surface area (Å²) in [6.07, 6.45) is 7.15. The molecule has 0 aliphatic heterocycles. The fourth-order valence-corrected chi connectivity index (χ4v) is 2.71. The Kier molecular flexibility index (Phi) is 2.85. The summed E-state index contributed by atoms with van der Waals surface area (Å²) in [6, 6.07) is 12.9. The Morgan fingerprint density at radius 1 is 1.17 bits per heavy atom. The van der Waals surface area contributed by atoms with Gasteiger partial charge in [0.2, 0.25) is 0 Å². The molecule has 18 heavy (non-hydrogen) atoms. The summed E-state index contributed by atoms with van der Waals surface area (Å²) in [7, 11) is 0. The third kappa shape index (κ3) is 1.91. The summed E-state index contributed by atoms with van der Waals surface area (Å²) < 4.78 is 1.98. The molecule has 0 saturated heterocycles. The van der Waals surface area contributed by atoms with E-state index in [2.05, 4.69) is 29.5 Å². The average Bonchev–Trinajstić information content (AvgIpc) is 3.08. The largest absolute Gasteiger partial charge is 0.268 e. The van der Waals surface area contributed by atoms with Crippen LogP contribution in [-0.4, -0.2) is 9.78 Å². The van der Waals surface area contributed by atoms with E-state index in [9.17, 15) is 0 Å². The lowest BCUT2D eigenvalue weighted by Gasteiger charge is -2.13. The first-order valence-corrected chi connectivity index (χ1v) is 6.37. The Labute approximate surface area is 107 Å². The van der Waals surface area contributed by atoms with Crippen LogP contribution in [0, 0.1) is 17.2 Å². The topological polar surface area (TPSA) is 41.6 Å². The molecule has 2 aromatic rings. The summed E-state index contributed by atoms with van der Waals surface area (Å²) in [6.45, 7) is 0. The highest BCUT2D eigenvalue weighted by molar-refractivity contribution is 5.61. The van der Waals surface area contributed by atoms with Gasteiger partial charge in [-0.15, -0.1) is 0 Å². The molecule has 1 aromatic carbocycles. The minimum atomic E-state index is 0.119. The number of nitrogens with zero attached hydrogens (tertiary/aromatic N) is 3. The Bertz CT molecular complexity index is 565. The number of hydrogen-bond donors (Lipinski definition) is 0. The average molecular weight is 237 g/mol. The zero-order chi connectivity index (χ0) is 12.4. The molecule has 1 aromatic heterocycles. The number of rotatable bonds is 2. The zero-order valence-corrected chi connectivity index (χ0v) is 10.2. The van der Waals surface area contributed by atoms with Gasteiger partial charge in [-0.25, -0.2) is 0 Å². The van der Waals surface area contributed by atoms with Crippen molar-refractivity contribution in [2.45, 2.75) is 25.3 Å². The quantitative estimate of drug-likeness (QED) is 0.803. The van der Waals surface area contributed by atoms with E-state index in [0.29, 0.717) is 0 Å². The van der Waals surface area contributed by atoms with E-state index >= 15 is 0 Å². The summed E-state index contributed by atoms with van der Waals surface area (Å²) in [5, 5.41) is 13.6. The molecule has 0 amide bonds. The highest BCUT2D eigenvalue weighted by Crippen LogP contribution is 2.35. The first kappa shape index (κ1) is 11.0. The van der Waals surface area contributed by atoms with E-state index in [4.69, 9.17) is 5.26 Å². The predicted octanol–water partition coefficient (Wildman–Crippen LogP) is 3.41. The summed E-state index contributed by atoms with van der Waals surface area (Å²) >= 11 is 0. The first-order valence-electron chi connectivity index (χ1n) is 6.37. The van der Waals surface area contributed by atoms with E-state index in [1.54, 1.807) is 0 Å². The molecule has 2 atom stereocenters. The molecule has 0 radical (unpaired) electrons. The van der Waals surface area contributed by atoms with Crippen molar-refractivity contribution in [2.75, 3.05) is 0 Å². The van der Waals surface area contributed by atoms with Gasteiger partial charge in [0.1, 0.15) is 0 Å². The molecule has 0 spiro atoms. The highest BCUT2D eigenvalue weighted by atomic mass is 15.3. The normalized spacial score (nSPS) is 22.8. The number of benzene rings is 1. The van der Waals surface area contributed by atoms with Gasteiger partial charge in [-0.1, -0.05) is 30.3 Å². The lowest BCUT2D eigenvalue weighted by Crippen LogP contribution is -2.12. The maximum absolute atomic E-state index is 9.13. The van der Waals surface area contributed by atoms with Crippen molar-refractivity contribution in [2.24, 2.45) is 5.92 Å². The first-order chi connectivity index (χ1) is 8.88. The second kappa shape index (κ2) is 4.66. The molecule has 2 unspecified atom stereocenters. The second-order valence-electron chi connectivity index (χ2n) is 4.81. The van der Waals surface area contributed by atoms with Gasteiger partial charge in [0.15, 0.2) is 0 Å². The Morgan fingerprint density at radius 2 is 2.00 bits per heavy atom. The molecule has 3 heteroatoms. The Balaban J connectivity index is 1.88. The molecule has 90 valence electrons. The number of aromatic nitrogens is 2. The monoisotopic (exact) mass is 237 g/mol. The smallest absolute Gasteiger partial charge is 0.0687 e. The lowest BCUT2D eigenvalue weighted by atomic mass is 10.1. The van der Waals surface area contributed by atoms with E-state index < -0.39 is 0 Å². The van der Waals surface area contributed by atoms with Gasteiger partial charge in [0.25, 0.3) is 0 Å². The molecule has 0 bridgehead atoms. The summed E-state index contributed by atoms with van der Waals surface area (Å²) in [4.78, 5) is 0. The fourth-order valence-electron chi connectivity index (χ4n) is 2.71. The molecular formula is C15H15N3. The minimum Gasteiger partial charge on any atom is -0.268 e. The van der Waals surface area contributed by atoms with Crippen LogP contribution in [0.2, 0.25) is 0 Å². The van der Waals surface area contributed by atoms with Crippen molar-refractivity contribution in [1.29, 1.82) is 5.26 Å². The van der Waals surface area contributed by atoms with Crippen LogP contribution in [-0.2, 0) is 0 Å². The van der Waals surface area contributed by atoms with Crippen LogP contribution in [0.1, 0.15) is 25.3 Å². The predicted molar refractivity (Wildman–Crippen MR) is 69.7 cm³/mol. The summed E-state index contributed by atoms with van der Waals surface area (Å²) in [5.41, 5.74) is 2.30. The van der Waals surface area contributed by atoms with Gasteiger partial charge in [0, 0.05) is 11.8 Å². The maximum Gasteiger partial charge on any atom is 0.0687 e. The van der Waals surface area contributed by atoms with Gasteiger partial charge < -0.3 is 0 Å². The molecule has 1 saturated carbocycles. The van der Waals surface area contributed by atoms with Crippen molar-refractivity contribution in [3.63, 3.8) is 0 Å². The fraction of sp³-hybridized carbons (Fsp3) is 0.333. The van der Waals surface area contributed by atoms with Gasteiger partial charge in [0.05, 0.1) is 24.2 Å². The molecular weight excluding hydrogens is 222 g/mol. The van der Waals surface area contributed by atoms with Crippen LogP contribution in [0.3, 0.4) is 0 Å². The zero-order valence-electron chi connectivity index (χ0n) is 10.2. The van der Waals surface area contributed by atoms with Crippen molar-refractivity contribution in [3.05, 3.63) is 42.7 Å². The van der Waals surface area contributed by atoms with E-state index in [0.717, 1.165) is 24.8 Å². The number of hydrogen-bond acceptors (Lipinski definition) is 2. The van der Waals surface area contributed by atoms with Crippen molar-refractivity contribution in [1.82, 2.24) is 9.78 Å². The molecule has 1 aliphatic carbocycles. The van der Waals surface area contributed by atoms with E-state index in [1.165, 1.54) is 5.56 Å². The van der Waals surface area contributed by atoms with Crippen molar-refractivity contribution < 1.29 is 0 Å². The molecule has 1 aliphatic rings. The van der Waals surface area contributed by atoms with Crippen LogP contribution >= 0.6 is 0 Å². The molecule has 3 rings (SSSR count).